The summed E-state index contributed by atoms with van der Waals surface area (Å²) >= 11 is 0. The number of rotatable bonds is 4. The third kappa shape index (κ3) is 2.43. The molecular formula is C8H17NO2. The molecule has 3 heteroatoms. The van der Waals surface area contributed by atoms with Crippen LogP contribution in [-0.2, 0) is 4.74 Å². The van der Waals surface area contributed by atoms with E-state index in [1.54, 1.807) is 7.11 Å². The van der Waals surface area contributed by atoms with Gasteiger partial charge >= 0.3 is 0 Å². The topological polar surface area (TPSA) is 32.7 Å². The van der Waals surface area contributed by atoms with Gasteiger partial charge in [0.1, 0.15) is 0 Å². The largest absolute Gasteiger partial charge is 0.390 e. The lowest BCUT2D eigenvalue weighted by molar-refractivity contribution is -0.0265. The zero-order chi connectivity index (χ0) is 8.27. The minimum Gasteiger partial charge on any atom is -0.390 e. The van der Waals surface area contributed by atoms with Crippen LogP contribution in [-0.4, -0.2) is 49.0 Å². The van der Waals surface area contributed by atoms with E-state index in [0.717, 1.165) is 26.1 Å². The summed E-state index contributed by atoms with van der Waals surface area (Å²) in [5, 5.41) is 9.02. The summed E-state index contributed by atoms with van der Waals surface area (Å²) in [5.41, 5.74) is 0. The van der Waals surface area contributed by atoms with Crippen LogP contribution in [0.5, 0.6) is 0 Å². The predicted molar refractivity (Wildman–Crippen MR) is 43.5 cm³/mol. The van der Waals surface area contributed by atoms with E-state index in [1.807, 2.05) is 0 Å². The number of likely N-dealkylation sites (tertiary alicyclic amines) is 1. The van der Waals surface area contributed by atoms with Gasteiger partial charge in [0.15, 0.2) is 0 Å². The third-order valence-electron chi connectivity index (χ3n) is 2.25. The van der Waals surface area contributed by atoms with Crippen molar-refractivity contribution >= 4 is 0 Å². The maximum atomic E-state index is 9.02. The molecule has 0 bridgehead atoms. The van der Waals surface area contributed by atoms with Gasteiger partial charge in [-0.25, -0.2) is 0 Å². The summed E-state index contributed by atoms with van der Waals surface area (Å²) in [4.78, 5) is 2.27. The standard InChI is InChI=1S/C8H17NO2/c1-7(3-4-11-2)9-5-8(10)6-9/h7-8,10H,3-6H2,1-2H3. The molecule has 0 aromatic heterocycles. The van der Waals surface area contributed by atoms with Crippen LogP contribution in [0.15, 0.2) is 0 Å². The number of hydrogen-bond acceptors (Lipinski definition) is 3. The second-order valence-corrected chi connectivity index (χ2v) is 3.24. The summed E-state index contributed by atoms with van der Waals surface area (Å²) < 4.78 is 4.97. The molecule has 0 aromatic carbocycles. The molecule has 66 valence electrons. The minimum atomic E-state index is -0.0833. The van der Waals surface area contributed by atoms with E-state index in [4.69, 9.17) is 9.84 Å². The van der Waals surface area contributed by atoms with E-state index in [0.29, 0.717) is 6.04 Å². The second kappa shape index (κ2) is 4.04. The van der Waals surface area contributed by atoms with Crippen LogP contribution in [0.4, 0.5) is 0 Å². The molecule has 0 aromatic rings. The lowest BCUT2D eigenvalue weighted by Gasteiger charge is -2.40. The number of nitrogens with zero attached hydrogens (tertiary/aromatic N) is 1. The lowest BCUT2D eigenvalue weighted by atomic mass is 10.1. The van der Waals surface area contributed by atoms with E-state index in [9.17, 15) is 0 Å². The molecule has 11 heavy (non-hydrogen) atoms. The number of β-amino-alcohol motifs (C(OH)–C–C–N with tert-alkyl or cyclic N) is 1. The highest BCUT2D eigenvalue weighted by molar-refractivity contribution is 4.82. The Kier molecular flexibility index (Phi) is 3.30. The molecule has 1 fully saturated rings. The molecule has 1 aliphatic rings. The molecule has 0 radical (unpaired) electrons. The van der Waals surface area contributed by atoms with Crippen molar-refractivity contribution in [2.75, 3.05) is 26.8 Å². The Bertz CT molecular complexity index is 113. The van der Waals surface area contributed by atoms with Crippen molar-refractivity contribution in [3.63, 3.8) is 0 Å². The number of methoxy groups -OCH3 is 1. The third-order valence-corrected chi connectivity index (χ3v) is 2.25. The summed E-state index contributed by atoms with van der Waals surface area (Å²) in [6.07, 6.45) is 0.975. The van der Waals surface area contributed by atoms with Gasteiger partial charge in [-0.3, -0.25) is 4.90 Å². The molecule has 1 rings (SSSR count). The molecule has 1 unspecified atom stereocenters. The molecule has 1 heterocycles. The van der Waals surface area contributed by atoms with Crippen molar-refractivity contribution in [3.05, 3.63) is 0 Å². The van der Waals surface area contributed by atoms with Crippen molar-refractivity contribution in [2.45, 2.75) is 25.5 Å². The Morgan fingerprint density at radius 2 is 2.27 bits per heavy atom. The van der Waals surface area contributed by atoms with Crippen LogP contribution in [0.3, 0.4) is 0 Å². The first-order chi connectivity index (χ1) is 5.24. The van der Waals surface area contributed by atoms with Crippen LogP contribution in [0.25, 0.3) is 0 Å². The zero-order valence-electron chi connectivity index (χ0n) is 7.29. The van der Waals surface area contributed by atoms with Crippen molar-refractivity contribution < 1.29 is 9.84 Å². The summed E-state index contributed by atoms with van der Waals surface area (Å²) in [7, 11) is 1.72. The van der Waals surface area contributed by atoms with Crippen molar-refractivity contribution in [1.82, 2.24) is 4.90 Å². The molecule has 1 N–H and O–H groups in total. The zero-order valence-corrected chi connectivity index (χ0v) is 7.29. The Morgan fingerprint density at radius 3 is 2.73 bits per heavy atom. The minimum absolute atomic E-state index is 0.0833. The SMILES string of the molecule is COCCC(C)N1CC(O)C1. The Hall–Kier alpha value is -0.120. The molecule has 0 saturated carbocycles. The Morgan fingerprint density at radius 1 is 1.64 bits per heavy atom. The van der Waals surface area contributed by atoms with E-state index in [-0.39, 0.29) is 6.10 Å². The number of aliphatic hydroxyl groups is 1. The summed E-state index contributed by atoms with van der Waals surface area (Å²) in [6.45, 7) is 4.66. The number of hydrogen-bond donors (Lipinski definition) is 1. The normalized spacial score (nSPS) is 23.2. The van der Waals surface area contributed by atoms with Gasteiger partial charge in [0, 0.05) is 32.8 Å². The monoisotopic (exact) mass is 159 g/mol. The van der Waals surface area contributed by atoms with Crippen LogP contribution in [0.1, 0.15) is 13.3 Å². The fourth-order valence-electron chi connectivity index (χ4n) is 1.32. The molecule has 1 saturated heterocycles. The van der Waals surface area contributed by atoms with Crippen molar-refractivity contribution in [3.8, 4) is 0 Å². The fourth-order valence-corrected chi connectivity index (χ4v) is 1.32. The van der Waals surface area contributed by atoms with Gasteiger partial charge in [-0.2, -0.15) is 0 Å². The smallest absolute Gasteiger partial charge is 0.0794 e. The highest BCUT2D eigenvalue weighted by atomic mass is 16.5. The second-order valence-electron chi connectivity index (χ2n) is 3.24. The highest BCUT2D eigenvalue weighted by Gasteiger charge is 2.27. The first-order valence-corrected chi connectivity index (χ1v) is 4.15. The van der Waals surface area contributed by atoms with Gasteiger partial charge in [-0.1, -0.05) is 0 Å². The van der Waals surface area contributed by atoms with Crippen LogP contribution in [0.2, 0.25) is 0 Å². The van der Waals surface area contributed by atoms with Crippen molar-refractivity contribution in [1.29, 1.82) is 0 Å². The molecule has 1 aliphatic heterocycles. The average molecular weight is 159 g/mol. The van der Waals surface area contributed by atoms with E-state index in [2.05, 4.69) is 11.8 Å². The molecular weight excluding hydrogens is 142 g/mol. The quantitative estimate of drug-likeness (QED) is 0.631. The van der Waals surface area contributed by atoms with Gasteiger partial charge in [0.25, 0.3) is 0 Å². The summed E-state index contributed by atoms with van der Waals surface area (Å²) in [6, 6.07) is 0.554. The van der Waals surface area contributed by atoms with Gasteiger partial charge in [-0.15, -0.1) is 0 Å². The predicted octanol–water partition coefficient (Wildman–Crippen LogP) is 0.0879. The van der Waals surface area contributed by atoms with Crippen LogP contribution >= 0.6 is 0 Å². The maximum absolute atomic E-state index is 9.02. The molecule has 0 aliphatic carbocycles. The molecule has 1 atom stereocenters. The Balaban J connectivity index is 2.06. The molecule has 3 nitrogen and oxygen atoms in total. The van der Waals surface area contributed by atoms with Crippen LogP contribution < -0.4 is 0 Å². The van der Waals surface area contributed by atoms with Crippen LogP contribution in [0, 0.1) is 0 Å². The van der Waals surface area contributed by atoms with Gasteiger partial charge < -0.3 is 9.84 Å². The van der Waals surface area contributed by atoms with Crippen molar-refractivity contribution in [2.24, 2.45) is 0 Å². The molecule has 0 spiro atoms. The van der Waals surface area contributed by atoms with E-state index < -0.39 is 0 Å². The lowest BCUT2D eigenvalue weighted by Crippen LogP contribution is -2.54. The average Bonchev–Trinajstić information content (AvgIpc) is 1.94. The molecule has 0 amide bonds. The van der Waals surface area contributed by atoms with E-state index in [1.165, 1.54) is 0 Å². The first-order valence-electron chi connectivity index (χ1n) is 4.15. The number of aliphatic hydroxyl groups excluding tert-OH is 1. The van der Waals surface area contributed by atoms with Gasteiger partial charge in [-0.05, 0) is 13.3 Å². The highest BCUT2D eigenvalue weighted by Crippen LogP contribution is 2.13. The number of ether oxygens (including phenoxy) is 1. The van der Waals surface area contributed by atoms with E-state index >= 15 is 0 Å². The summed E-state index contributed by atoms with van der Waals surface area (Å²) in [5.74, 6) is 0. The fraction of sp³-hybridized carbons (Fsp3) is 1.00. The first kappa shape index (κ1) is 8.97. The van der Waals surface area contributed by atoms with Gasteiger partial charge in [0.05, 0.1) is 6.10 Å². The Labute approximate surface area is 68.0 Å². The maximum Gasteiger partial charge on any atom is 0.0794 e. The van der Waals surface area contributed by atoms with Gasteiger partial charge in [0.2, 0.25) is 0 Å².